The Bertz CT molecular complexity index is 1030. The third-order valence-corrected chi connectivity index (χ3v) is 6.24. The normalized spacial score (nSPS) is 21.5. The second kappa shape index (κ2) is 7.13. The molecular formula is C22H27N7. The number of anilines is 3. The highest BCUT2D eigenvalue weighted by Crippen LogP contribution is 2.38. The van der Waals surface area contributed by atoms with Crippen molar-refractivity contribution in [2.24, 2.45) is 5.92 Å². The van der Waals surface area contributed by atoms with Crippen LogP contribution in [0.3, 0.4) is 0 Å². The summed E-state index contributed by atoms with van der Waals surface area (Å²) in [5.74, 6) is 3.63. The minimum absolute atomic E-state index is 0.426. The van der Waals surface area contributed by atoms with E-state index in [1.807, 2.05) is 37.2 Å². The smallest absolute Gasteiger partial charge is 0.172 e. The molecule has 0 radical (unpaired) electrons. The van der Waals surface area contributed by atoms with Crippen molar-refractivity contribution in [3.05, 3.63) is 42.4 Å². The van der Waals surface area contributed by atoms with E-state index >= 15 is 0 Å². The van der Waals surface area contributed by atoms with E-state index in [1.165, 1.54) is 12.8 Å². The van der Waals surface area contributed by atoms with E-state index in [0.29, 0.717) is 12.0 Å². The molecule has 7 heteroatoms. The maximum Gasteiger partial charge on any atom is 0.172 e. The Labute approximate surface area is 171 Å². The van der Waals surface area contributed by atoms with E-state index in [9.17, 15) is 0 Å². The van der Waals surface area contributed by atoms with E-state index in [1.54, 1.807) is 12.4 Å². The molecular weight excluding hydrogens is 362 g/mol. The fourth-order valence-electron chi connectivity index (χ4n) is 4.81. The summed E-state index contributed by atoms with van der Waals surface area (Å²) >= 11 is 0. The zero-order valence-electron chi connectivity index (χ0n) is 17.3. The topological polar surface area (TPSA) is 61.3 Å². The Kier molecular flexibility index (Phi) is 4.45. The molecule has 0 saturated carbocycles. The quantitative estimate of drug-likeness (QED) is 0.682. The molecule has 0 bridgehead atoms. The van der Waals surface area contributed by atoms with Gasteiger partial charge in [-0.1, -0.05) is 12.1 Å². The van der Waals surface area contributed by atoms with Gasteiger partial charge in [-0.3, -0.25) is 0 Å². The molecule has 2 aliphatic rings. The molecule has 0 amide bonds. The van der Waals surface area contributed by atoms with Crippen LogP contribution in [0.1, 0.15) is 18.5 Å². The van der Waals surface area contributed by atoms with Gasteiger partial charge in [0.1, 0.15) is 0 Å². The summed E-state index contributed by atoms with van der Waals surface area (Å²) in [6, 6.07) is 8.56. The number of benzene rings is 1. The third-order valence-electron chi connectivity index (χ3n) is 6.24. The first-order valence-corrected chi connectivity index (χ1v) is 10.3. The van der Waals surface area contributed by atoms with Gasteiger partial charge in [-0.05, 0) is 37.8 Å². The fraction of sp³-hybridized carbons (Fsp3) is 0.455. The number of fused-ring (bicyclic) bond motifs is 2. The Morgan fingerprint density at radius 2 is 1.66 bits per heavy atom. The van der Waals surface area contributed by atoms with Crippen molar-refractivity contribution in [3.8, 4) is 0 Å². The largest absolute Gasteiger partial charge is 0.360 e. The van der Waals surface area contributed by atoms with Crippen LogP contribution >= 0.6 is 0 Å². The number of hydrogen-bond acceptors (Lipinski definition) is 7. The molecule has 0 spiro atoms. The molecule has 0 aliphatic carbocycles. The summed E-state index contributed by atoms with van der Waals surface area (Å²) in [7, 11) is 4.05. The van der Waals surface area contributed by atoms with E-state index in [-0.39, 0.29) is 0 Å². The Hall–Kier alpha value is -2.96. The van der Waals surface area contributed by atoms with E-state index < -0.39 is 0 Å². The maximum atomic E-state index is 5.00. The summed E-state index contributed by atoms with van der Waals surface area (Å²) in [6.45, 7) is 5.09. The van der Waals surface area contributed by atoms with Crippen molar-refractivity contribution in [1.82, 2.24) is 19.9 Å². The first-order chi connectivity index (χ1) is 14.1. The van der Waals surface area contributed by atoms with Crippen molar-refractivity contribution in [2.45, 2.75) is 25.8 Å². The highest BCUT2D eigenvalue weighted by molar-refractivity contribution is 5.76. The third kappa shape index (κ3) is 3.14. The van der Waals surface area contributed by atoms with Gasteiger partial charge in [0.15, 0.2) is 17.5 Å². The van der Waals surface area contributed by atoms with Gasteiger partial charge in [-0.2, -0.15) is 0 Å². The average molecular weight is 390 g/mol. The lowest BCUT2D eigenvalue weighted by Gasteiger charge is -2.40. The molecule has 2 saturated heterocycles. The van der Waals surface area contributed by atoms with Gasteiger partial charge in [-0.25, -0.2) is 19.9 Å². The molecule has 2 fully saturated rings. The minimum Gasteiger partial charge on any atom is -0.360 e. The second-order valence-electron chi connectivity index (χ2n) is 8.26. The van der Waals surface area contributed by atoms with E-state index in [0.717, 1.165) is 53.8 Å². The first kappa shape index (κ1) is 18.1. The Balaban J connectivity index is 1.47. The predicted molar refractivity (Wildman–Crippen MR) is 117 cm³/mol. The summed E-state index contributed by atoms with van der Waals surface area (Å²) in [5.41, 5.74) is 2.94. The molecule has 2 aromatic heterocycles. The van der Waals surface area contributed by atoms with E-state index in [4.69, 9.17) is 9.97 Å². The van der Waals surface area contributed by atoms with Crippen LogP contribution in [-0.2, 0) is 0 Å². The number of aromatic nitrogens is 4. The number of piperidine rings is 1. The number of para-hydroxylation sites is 2. The molecule has 0 N–H and O–H groups in total. The van der Waals surface area contributed by atoms with Crippen LogP contribution < -0.4 is 14.7 Å². The van der Waals surface area contributed by atoms with Gasteiger partial charge in [0.25, 0.3) is 0 Å². The maximum absolute atomic E-state index is 5.00. The molecule has 5 rings (SSSR count). The minimum atomic E-state index is 0.426. The molecule has 2 unspecified atom stereocenters. The molecule has 2 aliphatic heterocycles. The van der Waals surface area contributed by atoms with Crippen molar-refractivity contribution >= 4 is 28.5 Å². The van der Waals surface area contributed by atoms with Crippen molar-refractivity contribution in [2.75, 3.05) is 48.4 Å². The number of nitrogens with zero attached hydrogens (tertiary/aromatic N) is 7. The number of rotatable bonds is 3. The monoisotopic (exact) mass is 389 g/mol. The van der Waals surface area contributed by atoms with Gasteiger partial charge < -0.3 is 14.7 Å². The molecule has 1 aromatic carbocycles. The van der Waals surface area contributed by atoms with Crippen molar-refractivity contribution in [1.29, 1.82) is 0 Å². The summed E-state index contributed by atoms with van der Waals surface area (Å²) < 4.78 is 0. The summed E-state index contributed by atoms with van der Waals surface area (Å²) in [5, 5.41) is 0. The van der Waals surface area contributed by atoms with Crippen LogP contribution in [0.15, 0.2) is 36.7 Å². The molecule has 29 heavy (non-hydrogen) atoms. The lowest BCUT2D eigenvalue weighted by Crippen LogP contribution is -2.49. The van der Waals surface area contributed by atoms with Crippen molar-refractivity contribution < 1.29 is 0 Å². The van der Waals surface area contributed by atoms with Gasteiger partial charge in [0, 0.05) is 46.1 Å². The van der Waals surface area contributed by atoms with Crippen LogP contribution in [0.2, 0.25) is 0 Å². The first-order valence-electron chi connectivity index (χ1n) is 10.3. The Morgan fingerprint density at radius 3 is 2.45 bits per heavy atom. The second-order valence-corrected chi connectivity index (χ2v) is 8.26. The molecule has 7 nitrogen and oxygen atoms in total. The predicted octanol–water partition coefficient (Wildman–Crippen LogP) is 2.90. The summed E-state index contributed by atoms with van der Waals surface area (Å²) in [4.78, 5) is 26.0. The van der Waals surface area contributed by atoms with Crippen LogP contribution in [0, 0.1) is 12.8 Å². The lowest BCUT2D eigenvalue weighted by atomic mass is 9.92. The fourth-order valence-corrected chi connectivity index (χ4v) is 4.81. The Morgan fingerprint density at radius 1 is 0.931 bits per heavy atom. The molecule has 2 atom stereocenters. The molecule has 150 valence electrons. The van der Waals surface area contributed by atoms with Crippen LogP contribution in [0.5, 0.6) is 0 Å². The van der Waals surface area contributed by atoms with Crippen molar-refractivity contribution in [3.63, 3.8) is 0 Å². The van der Waals surface area contributed by atoms with Crippen LogP contribution in [-0.4, -0.2) is 59.7 Å². The standard InChI is InChI=1S/C22H27N7/c1-15-20(26-18-7-5-4-6-17(18)25-15)29-13-9-16-8-12-28(14-19(16)29)22-21(27(2)3)23-10-11-24-22/h4-7,10-11,16,19H,8-9,12-14H2,1-3H3. The number of hydrogen-bond donors (Lipinski definition) is 0. The number of aryl methyl sites for hydroxylation is 1. The lowest BCUT2D eigenvalue weighted by molar-refractivity contribution is 0.388. The zero-order valence-corrected chi connectivity index (χ0v) is 17.3. The SMILES string of the molecule is Cc1nc2ccccc2nc1N1CCC2CCN(c3nccnc3N(C)C)CC21. The van der Waals surface area contributed by atoms with Gasteiger partial charge in [0.05, 0.1) is 22.8 Å². The van der Waals surface area contributed by atoms with Gasteiger partial charge in [-0.15, -0.1) is 0 Å². The molecule has 4 heterocycles. The highest BCUT2D eigenvalue weighted by atomic mass is 15.3. The van der Waals surface area contributed by atoms with Gasteiger partial charge >= 0.3 is 0 Å². The summed E-state index contributed by atoms with van der Waals surface area (Å²) in [6.07, 6.45) is 5.94. The van der Waals surface area contributed by atoms with Crippen LogP contribution in [0.4, 0.5) is 17.5 Å². The zero-order chi connectivity index (χ0) is 20.0. The van der Waals surface area contributed by atoms with Crippen LogP contribution in [0.25, 0.3) is 11.0 Å². The van der Waals surface area contributed by atoms with E-state index in [2.05, 4.69) is 32.8 Å². The highest BCUT2D eigenvalue weighted by Gasteiger charge is 2.40. The van der Waals surface area contributed by atoms with Gasteiger partial charge in [0.2, 0.25) is 0 Å². The average Bonchev–Trinajstić information content (AvgIpc) is 3.16. The molecule has 3 aromatic rings.